The van der Waals surface area contributed by atoms with Crippen molar-refractivity contribution in [3.05, 3.63) is 71.8 Å². The Morgan fingerprint density at radius 3 is 2.75 bits per heavy atom. The zero-order valence-electron chi connectivity index (χ0n) is 17.7. The van der Waals surface area contributed by atoms with Gasteiger partial charge in [0.05, 0.1) is 11.7 Å². The maximum absolute atomic E-state index is 14.1. The van der Waals surface area contributed by atoms with Crippen molar-refractivity contribution in [3.63, 3.8) is 0 Å². The quantitative estimate of drug-likeness (QED) is 0.514. The molecule has 0 spiro atoms. The molecule has 1 atom stereocenters. The van der Waals surface area contributed by atoms with Crippen molar-refractivity contribution in [2.75, 3.05) is 6.54 Å². The fraction of sp³-hybridized carbons (Fsp3) is 0.292. The highest BCUT2D eigenvalue weighted by molar-refractivity contribution is 5.99. The molecular weight excluding hydrogens is 412 g/mol. The Morgan fingerprint density at radius 1 is 1.16 bits per heavy atom. The summed E-state index contributed by atoms with van der Waals surface area (Å²) in [5, 5.41) is 4.29. The lowest BCUT2D eigenvalue weighted by Gasteiger charge is -2.35. The number of rotatable bonds is 4. The number of piperidine rings is 1. The van der Waals surface area contributed by atoms with Crippen LogP contribution in [0.25, 0.3) is 22.2 Å². The molecule has 1 aliphatic heterocycles. The first-order chi connectivity index (χ1) is 15.5. The molecule has 1 amide bonds. The predicted molar refractivity (Wildman–Crippen MR) is 117 cm³/mol. The normalized spacial score (nSPS) is 16.6. The first kappa shape index (κ1) is 20.4. The second-order valence-corrected chi connectivity index (χ2v) is 8.21. The lowest BCUT2D eigenvalue weighted by Crippen LogP contribution is -2.45. The van der Waals surface area contributed by atoms with Crippen LogP contribution >= 0.6 is 0 Å². The van der Waals surface area contributed by atoms with Gasteiger partial charge in [-0.25, -0.2) is 13.8 Å². The van der Waals surface area contributed by atoms with Gasteiger partial charge in [-0.3, -0.25) is 9.48 Å². The van der Waals surface area contributed by atoms with E-state index in [0.29, 0.717) is 41.1 Å². The van der Waals surface area contributed by atoms with E-state index in [2.05, 4.69) is 15.1 Å². The number of nitrogens with zero attached hydrogens (tertiary/aromatic N) is 4. The molecule has 0 bridgehead atoms. The van der Waals surface area contributed by atoms with E-state index in [4.69, 9.17) is 0 Å². The first-order valence-corrected chi connectivity index (χ1v) is 10.7. The molecule has 1 fully saturated rings. The van der Waals surface area contributed by atoms with Crippen LogP contribution in [0.2, 0.25) is 0 Å². The van der Waals surface area contributed by atoms with Crippen LogP contribution in [-0.2, 0) is 13.5 Å². The number of carbonyl (C=O) groups excluding carboxylic acids is 1. The summed E-state index contributed by atoms with van der Waals surface area (Å²) in [5.41, 5.74) is 2.86. The Bertz CT molecular complexity index is 1280. The summed E-state index contributed by atoms with van der Waals surface area (Å²) in [5.74, 6) is -0.140. The number of amides is 1. The third-order valence-electron chi connectivity index (χ3n) is 6.13. The van der Waals surface area contributed by atoms with Crippen LogP contribution in [0.5, 0.6) is 0 Å². The number of aromatic nitrogens is 4. The lowest BCUT2D eigenvalue weighted by atomic mass is 9.97. The fourth-order valence-electron chi connectivity index (χ4n) is 4.52. The highest BCUT2D eigenvalue weighted by Crippen LogP contribution is 2.28. The van der Waals surface area contributed by atoms with Gasteiger partial charge in [0.25, 0.3) is 5.91 Å². The standard InChI is InChI=1S/C24H23F2N5O/c1-30-23(18(14-27-30)15-8-10-16(25)11-9-15)24(32)31-12-3-2-5-17(31)13-21-28-20-7-4-6-19(26)22(20)29-21/h4,6-11,14,17H,2-3,5,12-13H2,1H3,(H,28,29). The number of aryl methyl sites for hydroxylation is 1. The second-order valence-electron chi connectivity index (χ2n) is 8.21. The molecular formula is C24H23F2N5O. The monoisotopic (exact) mass is 435 g/mol. The van der Waals surface area contributed by atoms with Crippen LogP contribution < -0.4 is 0 Å². The molecule has 2 aromatic heterocycles. The van der Waals surface area contributed by atoms with Crippen molar-refractivity contribution < 1.29 is 13.6 Å². The summed E-state index contributed by atoms with van der Waals surface area (Å²) in [6, 6.07) is 10.8. The minimum absolute atomic E-state index is 0.0594. The largest absolute Gasteiger partial charge is 0.342 e. The van der Waals surface area contributed by atoms with E-state index in [1.54, 1.807) is 42.2 Å². The van der Waals surface area contributed by atoms with Crippen LogP contribution in [0.15, 0.2) is 48.7 Å². The molecule has 0 radical (unpaired) electrons. The van der Waals surface area contributed by atoms with E-state index in [1.165, 1.54) is 18.2 Å². The molecule has 164 valence electrons. The van der Waals surface area contributed by atoms with Gasteiger partial charge < -0.3 is 9.88 Å². The van der Waals surface area contributed by atoms with Crippen molar-refractivity contribution in [2.24, 2.45) is 7.05 Å². The van der Waals surface area contributed by atoms with Crippen LogP contribution in [0.1, 0.15) is 35.6 Å². The van der Waals surface area contributed by atoms with Crippen LogP contribution in [0.4, 0.5) is 8.78 Å². The first-order valence-electron chi connectivity index (χ1n) is 10.7. The minimum atomic E-state index is -0.361. The summed E-state index contributed by atoms with van der Waals surface area (Å²) in [4.78, 5) is 23.2. The Labute approximate surface area is 183 Å². The Morgan fingerprint density at radius 2 is 1.97 bits per heavy atom. The average Bonchev–Trinajstić information content (AvgIpc) is 3.38. The van der Waals surface area contributed by atoms with E-state index < -0.39 is 0 Å². The smallest absolute Gasteiger partial charge is 0.273 e. The summed E-state index contributed by atoms with van der Waals surface area (Å²) in [6.07, 6.45) is 4.93. The van der Waals surface area contributed by atoms with Crippen molar-refractivity contribution in [1.29, 1.82) is 0 Å². The maximum Gasteiger partial charge on any atom is 0.273 e. The average molecular weight is 435 g/mol. The molecule has 6 nitrogen and oxygen atoms in total. The van der Waals surface area contributed by atoms with Gasteiger partial charge in [-0.15, -0.1) is 0 Å². The predicted octanol–water partition coefficient (Wildman–Crippen LogP) is 4.48. The molecule has 4 aromatic rings. The zero-order chi connectivity index (χ0) is 22.2. The molecule has 5 rings (SSSR count). The van der Waals surface area contributed by atoms with Crippen LogP contribution in [-0.4, -0.2) is 43.1 Å². The maximum atomic E-state index is 14.1. The van der Waals surface area contributed by atoms with E-state index >= 15 is 0 Å². The van der Waals surface area contributed by atoms with Gasteiger partial charge >= 0.3 is 0 Å². The number of nitrogens with one attached hydrogen (secondary N) is 1. The number of halogens is 2. The number of para-hydroxylation sites is 1. The number of benzene rings is 2. The number of carbonyl (C=O) groups is 1. The number of fused-ring (bicyclic) bond motifs is 1. The summed E-state index contributed by atoms with van der Waals surface area (Å²) >= 11 is 0. The zero-order valence-corrected chi connectivity index (χ0v) is 17.7. The van der Waals surface area contributed by atoms with Crippen LogP contribution in [0, 0.1) is 11.6 Å². The van der Waals surface area contributed by atoms with Gasteiger partial charge in [0.15, 0.2) is 5.82 Å². The third-order valence-corrected chi connectivity index (χ3v) is 6.13. The van der Waals surface area contributed by atoms with E-state index in [0.717, 1.165) is 24.8 Å². The number of imidazole rings is 1. The number of hydrogen-bond donors (Lipinski definition) is 1. The van der Waals surface area contributed by atoms with Crippen molar-refractivity contribution in [2.45, 2.75) is 31.7 Å². The van der Waals surface area contributed by atoms with E-state index in [1.807, 2.05) is 4.90 Å². The lowest BCUT2D eigenvalue weighted by molar-refractivity contribution is 0.0601. The van der Waals surface area contributed by atoms with Gasteiger partial charge in [0, 0.05) is 31.6 Å². The molecule has 0 saturated carbocycles. The molecule has 3 heterocycles. The summed E-state index contributed by atoms with van der Waals surface area (Å²) < 4.78 is 29.0. The number of hydrogen-bond acceptors (Lipinski definition) is 3. The summed E-state index contributed by atoms with van der Waals surface area (Å²) in [6.45, 7) is 0.631. The minimum Gasteiger partial charge on any atom is -0.342 e. The van der Waals surface area contributed by atoms with Gasteiger partial charge in [0.2, 0.25) is 0 Å². The molecule has 1 N–H and O–H groups in total. The fourth-order valence-corrected chi connectivity index (χ4v) is 4.52. The molecule has 8 heteroatoms. The third kappa shape index (κ3) is 3.66. The van der Waals surface area contributed by atoms with E-state index in [9.17, 15) is 13.6 Å². The van der Waals surface area contributed by atoms with Gasteiger partial charge in [-0.05, 0) is 49.1 Å². The number of H-pyrrole nitrogens is 1. The Balaban J connectivity index is 1.45. The highest BCUT2D eigenvalue weighted by atomic mass is 19.1. The van der Waals surface area contributed by atoms with Crippen LogP contribution in [0.3, 0.4) is 0 Å². The second kappa shape index (κ2) is 8.18. The molecule has 32 heavy (non-hydrogen) atoms. The Kier molecular flexibility index (Phi) is 5.20. The SMILES string of the molecule is Cn1ncc(-c2ccc(F)cc2)c1C(=O)N1CCCCC1Cc1nc2c(F)cccc2[nH]1. The van der Waals surface area contributed by atoms with Gasteiger partial charge in [-0.1, -0.05) is 18.2 Å². The Hall–Kier alpha value is -3.55. The molecule has 0 aliphatic carbocycles. The number of likely N-dealkylation sites (tertiary alicyclic amines) is 1. The van der Waals surface area contributed by atoms with E-state index in [-0.39, 0.29) is 23.6 Å². The summed E-state index contributed by atoms with van der Waals surface area (Å²) in [7, 11) is 1.74. The van der Waals surface area contributed by atoms with Crippen molar-refractivity contribution >= 4 is 16.9 Å². The van der Waals surface area contributed by atoms with Gasteiger partial charge in [0.1, 0.15) is 22.9 Å². The number of aromatic amines is 1. The molecule has 2 aromatic carbocycles. The van der Waals surface area contributed by atoms with Gasteiger partial charge in [-0.2, -0.15) is 5.10 Å². The molecule has 1 saturated heterocycles. The van der Waals surface area contributed by atoms with Crippen molar-refractivity contribution in [1.82, 2.24) is 24.6 Å². The molecule has 1 aliphatic rings. The topological polar surface area (TPSA) is 66.8 Å². The highest BCUT2D eigenvalue weighted by Gasteiger charge is 2.31. The molecule has 1 unspecified atom stereocenters. The van der Waals surface area contributed by atoms with Crippen molar-refractivity contribution in [3.8, 4) is 11.1 Å².